The van der Waals surface area contributed by atoms with Gasteiger partial charge in [0, 0.05) is 0 Å². The van der Waals surface area contributed by atoms with Gasteiger partial charge in [-0.3, -0.25) is 0 Å². The highest BCUT2D eigenvalue weighted by atomic mass is 13.9. The average Bonchev–Trinajstić information content (AvgIpc) is 2.50. The van der Waals surface area contributed by atoms with E-state index in [1.807, 2.05) is 0 Å². The monoisotopic (exact) mass is 298 g/mol. The van der Waals surface area contributed by atoms with Gasteiger partial charge in [-0.25, -0.2) is 0 Å². The zero-order valence-corrected chi connectivity index (χ0v) is 14.6. The Labute approximate surface area is 138 Å². The van der Waals surface area contributed by atoms with Crippen LogP contribution in [0.15, 0.2) is 72.9 Å². The molecule has 0 radical (unpaired) electrons. The SMILES string of the molecule is C=C(C)CCC/C=C\C/C=C\C/C=C\C/C=C\C/C=C\CC. The molecule has 0 aliphatic carbocycles. The van der Waals surface area contributed by atoms with Gasteiger partial charge in [0.15, 0.2) is 0 Å². The van der Waals surface area contributed by atoms with Crippen molar-refractivity contribution in [2.75, 3.05) is 0 Å². The van der Waals surface area contributed by atoms with Gasteiger partial charge in [0.05, 0.1) is 0 Å². The van der Waals surface area contributed by atoms with Crippen molar-refractivity contribution in [3.63, 3.8) is 0 Å². The number of allylic oxidation sites excluding steroid dienone is 11. The van der Waals surface area contributed by atoms with Crippen molar-refractivity contribution < 1.29 is 0 Å². The first-order valence-electron chi connectivity index (χ1n) is 8.66. The summed E-state index contributed by atoms with van der Waals surface area (Å²) in [5, 5.41) is 0. The Bertz CT molecular complexity index is 388. The van der Waals surface area contributed by atoms with E-state index in [0.29, 0.717) is 0 Å². The largest absolute Gasteiger partial charge is 0.100 e. The van der Waals surface area contributed by atoms with Gasteiger partial charge in [-0.1, -0.05) is 73.3 Å². The van der Waals surface area contributed by atoms with Crippen LogP contribution in [-0.4, -0.2) is 0 Å². The molecule has 0 saturated heterocycles. The van der Waals surface area contributed by atoms with E-state index in [-0.39, 0.29) is 0 Å². The smallest absolute Gasteiger partial charge is 0.0169 e. The van der Waals surface area contributed by atoms with E-state index in [1.165, 1.54) is 18.4 Å². The number of hydrogen-bond acceptors (Lipinski definition) is 0. The van der Waals surface area contributed by atoms with Crippen LogP contribution in [0.1, 0.15) is 65.2 Å². The Balaban J connectivity index is 3.46. The topological polar surface area (TPSA) is 0 Å². The van der Waals surface area contributed by atoms with Crippen molar-refractivity contribution in [2.24, 2.45) is 0 Å². The van der Waals surface area contributed by atoms with Crippen LogP contribution in [0.4, 0.5) is 0 Å². The first kappa shape index (κ1) is 20.4. The predicted octanol–water partition coefficient (Wildman–Crippen LogP) is 7.48. The molecule has 0 aliphatic heterocycles. The first-order chi connectivity index (χ1) is 10.8. The van der Waals surface area contributed by atoms with E-state index in [9.17, 15) is 0 Å². The maximum atomic E-state index is 3.92. The van der Waals surface area contributed by atoms with Crippen molar-refractivity contribution in [3.8, 4) is 0 Å². The van der Waals surface area contributed by atoms with Gasteiger partial charge in [-0.15, -0.1) is 6.58 Å². The fourth-order valence-corrected chi connectivity index (χ4v) is 1.89. The van der Waals surface area contributed by atoms with Crippen molar-refractivity contribution in [1.82, 2.24) is 0 Å². The molecular formula is C22H34. The van der Waals surface area contributed by atoms with Gasteiger partial charge >= 0.3 is 0 Å². The summed E-state index contributed by atoms with van der Waals surface area (Å²) in [5.74, 6) is 0. The second-order valence-corrected chi connectivity index (χ2v) is 5.56. The second-order valence-electron chi connectivity index (χ2n) is 5.56. The van der Waals surface area contributed by atoms with Crippen molar-refractivity contribution in [1.29, 1.82) is 0 Å². The standard InChI is InChI=1S/C22H34/c1-4-5-6-7-8-9-10-11-12-13-14-15-16-17-18-19-20-21-22(2)3/h5-6,8-9,11-12,14-15,17-18H,2,4,7,10,13,16,19-21H2,1,3H3/b6-5-,9-8-,12-11-,15-14-,18-17-. The summed E-state index contributed by atoms with van der Waals surface area (Å²) in [5.41, 5.74) is 1.28. The molecule has 0 spiro atoms. The fourth-order valence-electron chi connectivity index (χ4n) is 1.89. The molecule has 0 bridgehead atoms. The molecule has 0 nitrogen and oxygen atoms in total. The minimum absolute atomic E-state index is 1.03. The molecule has 0 aromatic carbocycles. The van der Waals surface area contributed by atoms with Gasteiger partial charge in [0.2, 0.25) is 0 Å². The number of hydrogen-bond donors (Lipinski definition) is 0. The van der Waals surface area contributed by atoms with E-state index in [1.54, 1.807) is 0 Å². The lowest BCUT2D eigenvalue weighted by Crippen LogP contribution is -1.74. The van der Waals surface area contributed by atoms with Crippen LogP contribution in [0.25, 0.3) is 0 Å². The molecule has 0 aromatic rings. The molecule has 0 saturated carbocycles. The summed E-state index contributed by atoms with van der Waals surface area (Å²) in [6.45, 7) is 8.18. The van der Waals surface area contributed by atoms with Gasteiger partial charge < -0.3 is 0 Å². The Morgan fingerprint density at radius 1 is 0.682 bits per heavy atom. The number of unbranched alkanes of at least 4 members (excludes halogenated alkanes) is 1. The number of rotatable bonds is 13. The normalized spacial score (nSPS) is 12.8. The molecule has 0 fully saturated rings. The molecule has 0 unspecified atom stereocenters. The van der Waals surface area contributed by atoms with Crippen LogP contribution in [0, 0.1) is 0 Å². The van der Waals surface area contributed by atoms with E-state index >= 15 is 0 Å². The van der Waals surface area contributed by atoms with E-state index < -0.39 is 0 Å². The summed E-state index contributed by atoms with van der Waals surface area (Å²) >= 11 is 0. The quantitative estimate of drug-likeness (QED) is 0.244. The Morgan fingerprint density at radius 2 is 1.09 bits per heavy atom. The lowest BCUT2D eigenvalue weighted by molar-refractivity contribution is 0.833. The third-order valence-corrected chi connectivity index (χ3v) is 3.13. The van der Waals surface area contributed by atoms with Crippen molar-refractivity contribution >= 4 is 0 Å². The molecule has 0 heterocycles. The molecule has 22 heavy (non-hydrogen) atoms. The zero-order valence-electron chi connectivity index (χ0n) is 14.6. The van der Waals surface area contributed by atoms with Gasteiger partial charge in [-0.05, 0) is 58.3 Å². The van der Waals surface area contributed by atoms with Crippen LogP contribution in [-0.2, 0) is 0 Å². The first-order valence-corrected chi connectivity index (χ1v) is 8.66. The summed E-state index contributed by atoms with van der Waals surface area (Å²) in [6.07, 6.45) is 31.2. The minimum Gasteiger partial charge on any atom is -0.100 e. The molecular weight excluding hydrogens is 264 g/mol. The lowest BCUT2D eigenvalue weighted by Gasteiger charge is -1.94. The van der Waals surface area contributed by atoms with Crippen molar-refractivity contribution in [2.45, 2.75) is 65.2 Å². The van der Waals surface area contributed by atoms with Crippen LogP contribution in [0.5, 0.6) is 0 Å². The summed E-state index contributed by atoms with van der Waals surface area (Å²) in [7, 11) is 0. The highest BCUT2D eigenvalue weighted by molar-refractivity contribution is 5.00. The minimum atomic E-state index is 1.03. The maximum absolute atomic E-state index is 3.92. The van der Waals surface area contributed by atoms with Crippen LogP contribution < -0.4 is 0 Å². The van der Waals surface area contributed by atoms with Gasteiger partial charge in [-0.2, -0.15) is 0 Å². The summed E-state index contributed by atoms with van der Waals surface area (Å²) in [6, 6.07) is 0. The molecule has 0 N–H and O–H groups in total. The lowest BCUT2D eigenvalue weighted by atomic mass is 10.1. The summed E-state index contributed by atoms with van der Waals surface area (Å²) in [4.78, 5) is 0. The third-order valence-electron chi connectivity index (χ3n) is 3.13. The Hall–Kier alpha value is -1.56. The molecule has 0 rings (SSSR count). The van der Waals surface area contributed by atoms with E-state index in [0.717, 1.165) is 38.5 Å². The maximum Gasteiger partial charge on any atom is -0.0169 e. The molecule has 0 aromatic heterocycles. The molecule has 122 valence electrons. The van der Waals surface area contributed by atoms with Crippen molar-refractivity contribution in [3.05, 3.63) is 72.9 Å². The molecule has 0 amide bonds. The second kappa shape index (κ2) is 17.5. The van der Waals surface area contributed by atoms with E-state index in [2.05, 4.69) is 81.2 Å². The van der Waals surface area contributed by atoms with E-state index in [4.69, 9.17) is 0 Å². The highest BCUT2D eigenvalue weighted by Crippen LogP contribution is 2.04. The average molecular weight is 299 g/mol. The Morgan fingerprint density at radius 3 is 1.50 bits per heavy atom. The summed E-state index contributed by atoms with van der Waals surface area (Å²) < 4.78 is 0. The van der Waals surface area contributed by atoms with Gasteiger partial charge in [0.25, 0.3) is 0 Å². The zero-order chi connectivity index (χ0) is 16.3. The highest BCUT2D eigenvalue weighted by Gasteiger charge is 1.84. The van der Waals surface area contributed by atoms with Crippen LogP contribution in [0.2, 0.25) is 0 Å². The van der Waals surface area contributed by atoms with Gasteiger partial charge in [0.1, 0.15) is 0 Å². The van der Waals surface area contributed by atoms with Crippen LogP contribution >= 0.6 is 0 Å². The predicted molar refractivity (Wildman–Crippen MR) is 103 cm³/mol. The van der Waals surface area contributed by atoms with Crippen LogP contribution in [0.3, 0.4) is 0 Å². The Kier molecular flexibility index (Phi) is 16.3. The molecule has 0 aliphatic rings. The fraction of sp³-hybridized carbons (Fsp3) is 0.455. The molecule has 0 atom stereocenters. The molecule has 0 heteroatoms. The third kappa shape index (κ3) is 18.4.